The number of aromatic nitrogens is 6. The van der Waals surface area contributed by atoms with E-state index in [1.807, 2.05) is 0 Å². The summed E-state index contributed by atoms with van der Waals surface area (Å²) in [6, 6.07) is 4.97. The maximum Gasteiger partial charge on any atom is 0.416 e. The van der Waals surface area contributed by atoms with Gasteiger partial charge in [0.15, 0.2) is 11.6 Å². The maximum absolute atomic E-state index is 13.0. The standard InChI is InChI=1S/C17H13F3N6O.ClH/c18-17(19,20)11-1-2-13-12(7-11)15(25-24-13)16-21-5-3-14(23-16)26-9-10(4-6-27)8-22-26;/h1-3,5,7-9,27H,4,6H2,(H,24,25);1H. The summed E-state index contributed by atoms with van der Waals surface area (Å²) in [4.78, 5) is 8.50. The second kappa shape index (κ2) is 7.56. The molecule has 4 aromatic rings. The summed E-state index contributed by atoms with van der Waals surface area (Å²) in [7, 11) is 0. The average Bonchev–Trinajstić information content (AvgIpc) is 3.28. The van der Waals surface area contributed by atoms with E-state index in [0.29, 0.717) is 17.8 Å². The van der Waals surface area contributed by atoms with Crippen molar-refractivity contribution in [3.05, 3.63) is 54.0 Å². The number of hydrogen-bond acceptors (Lipinski definition) is 5. The van der Waals surface area contributed by atoms with Crippen molar-refractivity contribution >= 4 is 23.3 Å². The van der Waals surface area contributed by atoms with E-state index in [1.165, 1.54) is 16.9 Å². The van der Waals surface area contributed by atoms with Crippen molar-refractivity contribution in [1.29, 1.82) is 0 Å². The number of H-pyrrole nitrogens is 1. The highest BCUT2D eigenvalue weighted by Crippen LogP contribution is 2.33. The molecule has 0 saturated heterocycles. The number of halogens is 4. The molecule has 0 fully saturated rings. The number of hydrogen-bond donors (Lipinski definition) is 2. The highest BCUT2D eigenvalue weighted by atomic mass is 35.5. The Balaban J connectivity index is 0.00000225. The molecule has 0 aliphatic rings. The fourth-order valence-corrected chi connectivity index (χ4v) is 2.70. The van der Waals surface area contributed by atoms with Crippen LogP contribution in [-0.2, 0) is 12.6 Å². The van der Waals surface area contributed by atoms with Gasteiger partial charge in [-0.15, -0.1) is 12.4 Å². The predicted molar refractivity (Wildman–Crippen MR) is 97.3 cm³/mol. The average molecular weight is 411 g/mol. The summed E-state index contributed by atoms with van der Waals surface area (Å²) in [6.07, 6.45) is 0.815. The molecule has 0 atom stereocenters. The third-order valence-electron chi connectivity index (χ3n) is 4.01. The molecule has 7 nitrogen and oxygen atoms in total. The van der Waals surface area contributed by atoms with Crippen LogP contribution in [0.1, 0.15) is 11.1 Å². The van der Waals surface area contributed by atoms with Gasteiger partial charge in [0.25, 0.3) is 0 Å². The molecule has 3 heterocycles. The molecule has 0 spiro atoms. The first-order valence-electron chi connectivity index (χ1n) is 7.99. The molecule has 3 aromatic heterocycles. The van der Waals surface area contributed by atoms with Crippen molar-refractivity contribution in [3.8, 4) is 17.3 Å². The van der Waals surface area contributed by atoms with E-state index in [9.17, 15) is 13.2 Å². The third-order valence-corrected chi connectivity index (χ3v) is 4.01. The molecule has 2 N–H and O–H groups in total. The maximum atomic E-state index is 13.0. The molecule has 4 rings (SSSR count). The van der Waals surface area contributed by atoms with E-state index in [4.69, 9.17) is 5.11 Å². The van der Waals surface area contributed by atoms with Crippen LogP contribution in [0.25, 0.3) is 28.2 Å². The van der Waals surface area contributed by atoms with Crippen LogP contribution in [0.3, 0.4) is 0 Å². The highest BCUT2D eigenvalue weighted by molar-refractivity contribution is 5.91. The Hall–Kier alpha value is -2.98. The molecule has 0 aliphatic carbocycles. The van der Waals surface area contributed by atoms with Crippen LogP contribution in [-0.4, -0.2) is 41.7 Å². The molecule has 0 unspecified atom stereocenters. The van der Waals surface area contributed by atoms with Crippen LogP contribution in [0.4, 0.5) is 13.2 Å². The second-order valence-corrected chi connectivity index (χ2v) is 5.84. The first-order chi connectivity index (χ1) is 13.0. The van der Waals surface area contributed by atoms with Gasteiger partial charge < -0.3 is 5.11 Å². The fraction of sp³-hybridized carbons (Fsp3) is 0.176. The quantitative estimate of drug-likeness (QED) is 0.539. The SMILES string of the molecule is Cl.OCCc1cnn(-c2ccnc(-c3n[nH]c4ccc(C(F)(F)F)cc34)n2)c1. The lowest BCUT2D eigenvalue weighted by molar-refractivity contribution is -0.137. The molecule has 1 aromatic carbocycles. The van der Waals surface area contributed by atoms with E-state index < -0.39 is 11.7 Å². The van der Waals surface area contributed by atoms with Gasteiger partial charge >= 0.3 is 6.18 Å². The van der Waals surface area contributed by atoms with Crippen molar-refractivity contribution in [2.75, 3.05) is 6.61 Å². The topological polar surface area (TPSA) is 92.5 Å². The molecule has 0 aliphatic heterocycles. The Morgan fingerprint density at radius 2 is 2.00 bits per heavy atom. The van der Waals surface area contributed by atoms with E-state index >= 15 is 0 Å². The zero-order chi connectivity index (χ0) is 19.0. The molecule has 0 amide bonds. The fourth-order valence-electron chi connectivity index (χ4n) is 2.70. The number of aromatic amines is 1. The minimum absolute atomic E-state index is 0. The molecule has 0 saturated carbocycles. The molecule has 28 heavy (non-hydrogen) atoms. The van der Waals surface area contributed by atoms with Crippen molar-refractivity contribution in [2.45, 2.75) is 12.6 Å². The van der Waals surface area contributed by atoms with Crippen LogP contribution in [0.15, 0.2) is 42.9 Å². The number of nitrogens with zero attached hydrogens (tertiary/aromatic N) is 5. The summed E-state index contributed by atoms with van der Waals surface area (Å²) < 4.78 is 40.6. The van der Waals surface area contributed by atoms with Gasteiger partial charge in [-0.3, -0.25) is 5.10 Å². The van der Waals surface area contributed by atoms with Gasteiger partial charge in [0, 0.05) is 30.5 Å². The Morgan fingerprint density at radius 1 is 1.18 bits per heavy atom. The van der Waals surface area contributed by atoms with E-state index in [0.717, 1.165) is 17.7 Å². The first kappa shape index (κ1) is 19.8. The van der Waals surface area contributed by atoms with Crippen LogP contribution in [0.2, 0.25) is 0 Å². The Morgan fingerprint density at radius 3 is 2.75 bits per heavy atom. The lowest BCUT2D eigenvalue weighted by Gasteiger charge is -2.06. The lowest BCUT2D eigenvalue weighted by Crippen LogP contribution is -2.04. The Kier molecular flexibility index (Phi) is 5.34. The highest BCUT2D eigenvalue weighted by Gasteiger charge is 2.31. The van der Waals surface area contributed by atoms with Gasteiger partial charge in [-0.1, -0.05) is 0 Å². The number of alkyl halides is 3. The monoisotopic (exact) mass is 410 g/mol. The zero-order valence-corrected chi connectivity index (χ0v) is 15.0. The third kappa shape index (κ3) is 3.69. The lowest BCUT2D eigenvalue weighted by atomic mass is 10.1. The van der Waals surface area contributed by atoms with Crippen molar-refractivity contribution in [3.63, 3.8) is 0 Å². The normalized spacial score (nSPS) is 11.6. The smallest absolute Gasteiger partial charge is 0.396 e. The summed E-state index contributed by atoms with van der Waals surface area (Å²) in [6.45, 7) is 0.00150. The van der Waals surface area contributed by atoms with Gasteiger partial charge in [0.2, 0.25) is 0 Å². The number of aliphatic hydroxyl groups is 1. The largest absolute Gasteiger partial charge is 0.416 e. The van der Waals surface area contributed by atoms with Crippen LogP contribution in [0.5, 0.6) is 0 Å². The predicted octanol–water partition coefficient (Wildman–Crippen LogP) is 3.18. The van der Waals surface area contributed by atoms with Gasteiger partial charge in [0.05, 0.1) is 17.3 Å². The van der Waals surface area contributed by atoms with Gasteiger partial charge in [0.1, 0.15) is 5.69 Å². The number of benzene rings is 1. The van der Waals surface area contributed by atoms with Crippen LogP contribution < -0.4 is 0 Å². The van der Waals surface area contributed by atoms with Crippen molar-refractivity contribution < 1.29 is 18.3 Å². The first-order valence-corrected chi connectivity index (χ1v) is 7.99. The number of fused-ring (bicyclic) bond motifs is 1. The van der Waals surface area contributed by atoms with Crippen molar-refractivity contribution in [2.24, 2.45) is 0 Å². The Bertz CT molecular complexity index is 1110. The van der Waals surface area contributed by atoms with Crippen molar-refractivity contribution in [1.82, 2.24) is 29.9 Å². The number of aliphatic hydroxyl groups excluding tert-OH is 1. The van der Waals surface area contributed by atoms with Crippen LogP contribution >= 0.6 is 12.4 Å². The van der Waals surface area contributed by atoms with E-state index in [-0.39, 0.29) is 35.9 Å². The summed E-state index contributed by atoms with van der Waals surface area (Å²) >= 11 is 0. The molecule has 146 valence electrons. The number of rotatable bonds is 4. The van der Waals surface area contributed by atoms with Gasteiger partial charge in [-0.25, -0.2) is 14.6 Å². The molecule has 0 radical (unpaired) electrons. The minimum atomic E-state index is -4.45. The molecular weight excluding hydrogens is 397 g/mol. The summed E-state index contributed by atoms with van der Waals surface area (Å²) in [5, 5.41) is 20.2. The molecule has 11 heteroatoms. The minimum Gasteiger partial charge on any atom is -0.396 e. The van der Waals surface area contributed by atoms with Gasteiger partial charge in [-0.05, 0) is 30.2 Å². The van der Waals surface area contributed by atoms with Gasteiger partial charge in [-0.2, -0.15) is 23.4 Å². The zero-order valence-electron chi connectivity index (χ0n) is 14.2. The summed E-state index contributed by atoms with van der Waals surface area (Å²) in [5.41, 5.74) is 0.740. The molecule has 0 bridgehead atoms. The molecular formula is C17H14ClF3N6O. The van der Waals surface area contributed by atoms with E-state index in [1.54, 1.807) is 18.5 Å². The second-order valence-electron chi connectivity index (χ2n) is 5.84. The number of nitrogens with one attached hydrogen (secondary N) is 1. The Labute approximate surface area is 162 Å². The van der Waals surface area contributed by atoms with E-state index in [2.05, 4.69) is 25.3 Å². The summed E-state index contributed by atoms with van der Waals surface area (Å²) in [5.74, 6) is 0.615. The van der Waals surface area contributed by atoms with Crippen LogP contribution in [0, 0.1) is 0 Å².